The molecule has 5 nitrogen and oxygen atoms in total. The van der Waals surface area contributed by atoms with Gasteiger partial charge >= 0.3 is 6.03 Å². The maximum Gasteiger partial charge on any atom is 0.339 e. The molecule has 2 rings (SSSR count). The van der Waals surface area contributed by atoms with E-state index in [4.69, 9.17) is 4.74 Å². The zero-order valence-electron chi connectivity index (χ0n) is 14.8. The van der Waals surface area contributed by atoms with Gasteiger partial charge in [0.25, 0.3) is 0 Å². The van der Waals surface area contributed by atoms with Gasteiger partial charge in [-0.3, -0.25) is 0 Å². The molecule has 25 heavy (non-hydrogen) atoms. The van der Waals surface area contributed by atoms with Gasteiger partial charge in [0.05, 0.1) is 12.8 Å². The summed E-state index contributed by atoms with van der Waals surface area (Å²) in [5.41, 5.74) is 5.10. The van der Waals surface area contributed by atoms with E-state index in [0.29, 0.717) is 0 Å². The lowest BCUT2D eigenvalue weighted by Gasteiger charge is -2.07. The molecule has 0 radical (unpaired) electrons. The Morgan fingerprint density at radius 3 is 2.60 bits per heavy atom. The van der Waals surface area contributed by atoms with E-state index in [1.54, 1.807) is 6.21 Å². The first kappa shape index (κ1) is 18.5. The molecule has 0 aliphatic carbocycles. The average Bonchev–Trinajstić information content (AvgIpc) is 2.62. The van der Waals surface area contributed by atoms with Gasteiger partial charge in [-0.05, 0) is 54.8 Å². The second-order valence-corrected chi connectivity index (χ2v) is 5.76. The van der Waals surface area contributed by atoms with Crippen molar-refractivity contribution in [1.82, 2.24) is 5.43 Å². The molecule has 0 fully saturated rings. The molecule has 0 saturated carbocycles. The molecule has 2 N–H and O–H groups in total. The normalized spacial score (nSPS) is 10.6. The number of aryl methyl sites for hydroxylation is 1. The number of carbonyl (C=O) groups is 1. The summed E-state index contributed by atoms with van der Waals surface area (Å²) in [5.74, 6) is 0.846. The summed E-state index contributed by atoms with van der Waals surface area (Å²) in [5, 5.41) is 6.71. The molecular formula is C20H25N3O2. The number of rotatable bonds is 8. The number of urea groups is 1. The zero-order chi connectivity index (χ0) is 17.9. The van der Waals surface area contributed by atoms with Crippen LogP contribution in [0.5, 0.6) is 5.75 Å². The fraction of sp³-hybridized carbons (Fsp3) is 0.300. The third kappa shape index (κ3) is 6.67. The van der Waals surface area contributed by atoms with Crippen LogP contribution >= 0.6 is 0 Å². The van der Waals surface area contributed by atoms with Crippen LogP contribution in [0.3, 0.4) is 0 Å². The van der Waals surface area contributed by atoms with Crippen molar-refractivity contribution in [3.63, 3.8) is 0 Å². The summed E-state index contributed by atoms with van der Waals surface area (Å²) in [4.78, 5) is 11.8. The Balaban J connectivity index is 1.77. The van der Waals surface area contributed by atoms with Crippen molar-refractivity contribution in [3.8, 4) is 5.75 Å². The van der Waals surface area contributed by atoms with Gasteiger partial charge in [-0.15, -0.1) is 0 Å². The summed E-state index contributed by atoms with van der Waals surface area (Å²) in [7, 11) is 0. The number of benzene rings is 2. The maximum atomic E-state index is 11.8. The molecule has 0 heterocycles. The SMILES string of the molecule is CCCCCOc1ccc(/C=N\NC(=O)Nc2ccccc2C)cc1. The van der Waals surface area contributed by atoms with Crippen LogP contribution in [0.4, 0.5) is 10.5 Å². The van der Waals surface area contributed by atoms with Crippen LogP contribution in [0.2, 0.25) is 0 Å². The van der Waals surface area contributed by atoms with Crippen LogP contribution in [0.1, 0.15) is 37.3 Å². The van der Waals surface area contributed by atoms with E-state index >= 15 is 0 Å². The lowest BCUT2D eigenvalue weighted by atomic mass is 10.2. The molecule has 0 aliphatic rings. The maximum absolute atomic E-state index is 11.8. The molecule has 2 amide bonds. The molecular weight excluding hydrogens is 314 g/mol. The highest BCUT2D eigenvalue weighted by molar-refractivity contribution is 5.91. The van der Waals surface area contributed by atoms with E-state index in [2.05, 4.69) is 22.8 Å². The molecule has 0 bridgehead atoms. The number of unbranched alkanes of at least 4 members (excludes halogenated alkanes) is 2. The summed E-state index contributed by atoms with van der Waals surface area (Å²) < 4.78 is 5.66. The van der Waals surface area contributed by atoms with Crippen LogP contribution in [-0.2, 0) is 0 Å². The van der Waals surface area contributed by atoms with Gasteiger partial charge < -0.3 is 10.1 Å². The van der Waals surface area contributed by atoms with Gasteiger partial charge in [-0.1, -0.05) is 38.0 Å². The van der Waals surface area contributed by atoms with Crippen molar-refractivity contribution in [2.75, 3.05) is 11.9 Å². The van der Waals surface area contributed by atoms with Crippen molar-refractivity contribution < 1.29 is 9.53 Å². The first-order chi connectivity index (χ1) is 12.2. The first-order valence-electron chi connectivity index (χ1n) is 8.57. The highest BCUT2D eigenvalue weighted by Crippen LogP contribution is 2.13. The predicted octanol–water partition coefficient (Wildman–Crippen LogP) is 4.72. The van der Waals surface area contributed by atoms with E-state index < -0.39 is 0 Å². The Morgan fingerprint density at radius 2 is 1.88 bits per heavy atom. The van der Waals surface area contributed by atoms with Gasteiger partial charge in [0.15, 0.2) is 0 Å². The number of hydrazone groups is 1. The van der Waals surface area contributed by atoms with Gasteiger partial charge in [-0.2, -0.15) is 5.10 Å². The minimum absolute atomic E-state index is 0.374. The fourth-order valence-corrected chi connectivity index (χ4v) is 2.22. The van der Waals surface area contributed by atoms with Gasteiger partial charge in [0.2, 0.25) is 0 Å². The van der Waals surface area contributed by atoms with Crippen molar-refractivity contribution in [3.05, 3.63) is 59.7 Å². The summed E-state index contributed by atoms with van der Waals surface area (Å²) in [6.07, 6.45) is 5.03. The number of anilines is 1. The Kier molecular flexibility index (Phi) is 7.50. The molecule has 0 aromatic heterocycles. The average molecular weight is 339 g/mol. The van der Waals surface area contributed by atoms with E-state index in [9.17, 15) is 4.79 Å². The van der Waals surface area contributed by atoms with Crippen molar-refractivity contribution in [2.24, 2.45) is 5.10 Å². The molecule has 0 aliphatic heterocycles. The molecule has 2 aromatic carbocycles. The van der Waals surface area contributed by atoms with Gasteiger partial charge in [0.1, 0.15) is 5.75 Å². The third-order valence-corrected chi connectivity index (χ3v) is 3.67. The van der Waals surface area contributed by atoms with Crippen LogP contribution in [0.15, 0.2) is 53.6 Å². The van der Waals surface area contributed by atoms with Gasteiger partial charge in [-0.25, -0.2) is 10.2 Å². The van der Waals surface area contributed by atoms with Crippen LogP contribution < -0.4 is 15.5 Å². The number of hydrogen-bond acceptors (Lipinski definition) is 3. The van der Waals surface area contributed by atoms with E-state index in [1.807, 2.05) is 55.5 Å². The number of ether oxygens (including phenoxy) is 1. The lowest BCUT2D eigenvalue weighted by molar-refractivity contribution is 0.252. The van der Waals surface area contributed by atoms with E-state index in [1.165, 1.54) is 12.8 Å². The predicted molar refractivity (Wildman–Crippen MR) is 102 cm³/mol. The number of hydrogen-bond donors (Lipinski definition) is 2. The molecule has 0 unspecified atom stereocenters. The first-order valence-corrected chi connectivity index (χ1v) is 8.57. The minimum Gasteiger partial charge on any atom is -0.494 e. The number of nitrogens with zero attached hydrogens (tertiary/aromatic N) is 1. The molecule has 0 saturated heterocycles. The number of para-hydroxylation sites is 1. The summed E-state index contributed by atoms with van der Waals surface area (Å²) in [6.45, 7) is 4.84. The third-order valence-electron chi connectivity index (χ3n) is 3.67. The fourth-order valence-electron chi connectivity index (χ4n) is 2.22. The Bertz CT molecular complexity index is 696. The largest absolute Gasteiger partial charge is 0.494 e. The molecule has 5 heteroatoms. The van der Waals surface area contributed by atoms with Gasteiger partial charge in [0, 0.05) is 5.69 Å². The lowest BCUT2D eigenvalue weighted by Crippen LogP contribution is -2.24. The topological polar surface area (TPSA) is 62.7 Å². The Labute approximate surface area is 149 Å². The molecule has 2 aromatic rings. The highest BCUT2D eigenvalue weighted by atomic mass is 16.5. The van der Waals surface area contributed by atoms with Crippen LogP contribution in [-0.4, -0.2) is 18.9 Å². The second kappa shape index (κ2) is 10.1. The Morgan fingerprint density at radius 1 is 1.12 bits per heavy atom. The highest BCUT2D eigenvalue weighted by Gasteiger charge is 2.01. The second-order valence-electron chi connectivity index (χ2n) is 5.76. The van der Waals surface area contributed by atoms with E-state index in [0.717, 1.165) is 35.6 Å². The van der Waals surface area contributed by atoms with E-state index in [-0.39, 0.29) is 6.03 Å². The Hall–Kier alpha value is -2.82. The molecule has 0 atom stereocenters. The minimum atomic E-state index is -0.374. The molecule has 132 valence electrons. The summed E-state index contributed by atoms with van der Waals surface area (Å²) in [6, 6.07) is 14.8. The van der Waals surface area contributed by atoms with Crippen molar-refractivity contribution in [2.45, 2.75) is 33.1 Å². The molecule has 0 spiro atoms. The smallest absolute Gasteiger partial charge is 0.339 e. The number of carbonyl (C=O) groups excluding carboxylic acids is 1. The quantitative estimate of drug-likeness (QED) is 0.415. The van der Waals surface area contributed by atoms with Crippen molar-refractivity contribution in [1.29, 1.82) is 0 Å². The number of amides is 2. The summed E-state index contributed by atoms with van der Waals surface area (Å²) >= 11 is 0. The number of nitrogens with one attached hydrogen (secondary N) is 2. The standard InChI is InChI=1S/C20H25N3O2/c1-3-4-7-14-25-18-12-10-17(11-13-18)15-21-23-20(24)22-19-9-6-5-8-16(19)2/h5-6,8-13,15H,3-4,7,14H2,1-2H3,(H2,22,23,24)/b21-15-. The zero-order valence-corrected chi connectivity index (χ0v) is 14.8. The van der Waals surface area contributed by atoms with Crippen LogP contribution in [0.25, 0.3) is 0 Å². The van der Waals surface area contributed by atoms with Crippen molar-refractivity contribution >= 4 is 17.9 Å². The van der Waals surface area contributed by atoms with Crippen LogP contribution in [0, 0.1) is 6.92 Å². The monoisotopic (exact) mass is 339 g/mol.